The number of halogens is 3. The first-order valence-electron chi connectivity index (χ1n) is 10.2. The Morgan fingerprint density at radius 2 is 1.77 bits per heavy atom. The zero-order chi connectivity index (χ0) is 25.5. The van der Waals surface area contributed by atoms with E-state index < -0.39 is 40.6 Å². The van der Waals surface area contributed by atoms with E-state index in [1.165, 1.54) is 66.0 Å². The molecule has 1 saturated heterocycles. The maximum atomic E-state index is 14.0. The Bertz CT molecular complexity index is 1300. The van der Waals surface area contributed by atoms with Gasteiger partial charge in [0.25, 0.3) is 5.69 Å². The second-order valence-electron chi connectivity index (χ2n) is 8.02. The van der Waals surface area contributed by atoms with Crippen LogP contribution in [0.1, 0.15) is 27.7 Å². The Morgan fingerprint density at radius 3 is 2.40 bits per heavy atom. The van der Waals surface area contributed by atoms with E-state index in [1.807, 2.05) is 0 Å². The Morgan fingerprint density at radius 1 is 1.11 bits per heavy atom. The van der Waals surface area contributed by atoms with Crippen molar-refractivity contribution in [2.75, 3.05) is 0 Å². The van der Waals surface area contributed by atoms with Crippen LogP contribution in [-0.2, 0) is 0 Å². The number of nitrogens with one attached hydrogen (secondary N) is 2. The van der Waals surface area contributed by atoms with E-state index in [2.05, 4.69) is 5.32 Å². The first-order chi connectivity index (χ1) is 16.4. The normalized spacial score (nSPS) is 22.3. The fourth-order valence-corrected chi connectivity index (χ4v) is 3.98. The molecule has 3 aromatic rings. The summed E-state index contributed by atoms with van der Waals surface area (Å²) in [6.45, 7) is 1.72. The standard InChI is InChI=1S/C23H18F3N3O6/c1-12-6-8-13(9-7-12)20(30)18-19(27-21(31)28-22(18,32)23(24,25)26)17-11-10-16(35-17)14-4-2-3-5-15(14)29(33)34/h2-11,18-19,32H,1H3,(H2,27,28,31)/t18-,19-,22+/m1/s1. The number of carbonyl (C=O) groups excluding carboxylic acids is 2. The molecule has 0 aliphatic carbocycles. The van der Waals surface area contributed by atoms with Crippen molar-refractivity contribution in [3.05, 3.63) is 87.7 Å². The minimum absolute atomic E-state index is 0.0384. The van der Waals surface area contributed by atoms with E-state index >= 15 is 0 Å². The van der Waals surface area contributed by atoms with Crippen molar-refractivity contribution in [1.29, 1.82) is 0 Å². The van der Waals surface area contributed by atoms with Crippen LogP contribution >= 0.6 is 0 Å². The highest BCUT2D eigenvalue weighted by Gasteiger charge is 2.66. The average molecular weight is 489 g/mol. The van der Waals surface area contributed by atoms with Crippen LogP contribution in [0, 0.1) is 23.0 Å². The van der Waals surface area contributed by atoms with Crippen molar-refractivity contribution in [3.8, 4) is 11.3 Å². The number of urea groups is 1. The third kappa shape index (κ3) is 4.23. The molecule has 2 heterocycles. The highest BCUT2D eigenvalue weighted by Crippen LogP contribution is 2.45. The summed E-state index contributed by atoms with van der Waals surface area (Å²) in [6, 6.07) is 10.5. The maximum Gasteiger partial charge on any atom is 0.437 e. The molecule has 3 N–H and O–H groups in total. The molecule has 1 aromatic heterocycles. The van der Waals surface area contributed by atoms with Gasteiger partial charge in [-0.2, -0.15) is 13.2 Å². The number of benzene rings is 2. The quantitative estimate of drug-likeness (QED) is 0.278. The minimum atomic E-state index is -5.43. The van der Waals surface area contributed by atoms with E-state index in [9.17, 15) is 38.0 Å². The lowest BCUT2D eigenvalue weighted by Gasteiger charge is -2.44. The molecule has 0 saturated carbocycles. The lowest BCUT2D eigenvalue weighted by Crippen LogP contribution is -2.72. The first kappa shape index (κ1) is 24.0. The van der Waals surface area contributed by atoms with E-state index in [4.69, 9.17) is 4.42 Å². The molecule has 2 aromatic carbocycles. The van der Waals surface area contributed by atoms with Crippen LogP contribution in [0.2, 0.25) is 0 Å². The highest BCUT2D eigenvalue weighted by atomic mass is 19.4. The van der Waals surface area contributed by atoms with Gasteiger partial charge in [0.2, 0.25) is 5.72 Å². The number of ketones is 1. The number of alkyl halides is 3. The second-order valence-corrected chi connectivity index (χ2v) is 8.02. The SMILES string of the molecule is Cc1ccc(C(=O)[C@H]2[C@@H](c3ccc(-c4ccccc4[N+](=O)[O-])o3)NC(=O)N[C@@]2(O)C(F)(F)F)cc1. The summed E-state index contributed by atoms with van der Waals surface area (Å²) < 4.78 is 47.7. The van der Waals surface area contributed by atoms with Crippen LogP contribution in [0.25, 0.3) is 11.3 Å². The van der Waals surface area contributed by atoms with E-state index in [-0.39, 0.29) is 28.3 Å². The second kappa shape index (κ2) is 8.55. The van der Waals surface area contributed by atoms with E-state index in [1.54, 1.807) is 6.92 Å². The summed E-state index contributed by atoms with van der Waals surface area (Å²) in [7, 11) is 0. The van der Waals surface area contributed by atoms with Crippen LogP contribution in [0.5, 0.6) is 0 Å². The van der Waals surface area contributed by atoms with Crippen LogP contribution in [-0.4, -0.2) is 33.7 Å². The number of nitrogens with zero attached hydrogens (tertiary/aromatic N) is 1. The molecule has 3 atom stereocenters. The molecule has 1 aliphatic heterocycles. The Hall–Kier alpha value is -4.19. The van der Waals surface area contributed by atoms with Crippen molar-refractivity contribution < 1.29 is 37.2 Å². The van der Waals surface area contributed by atoms with Gasteiger partial charge in [0.1, 0.15) is 23.5 Å². The summed E-state index contributed by atoms with van der Waals surface area (Å²) in [5.41, 5.74) is -3.58. The Labute approximate surface area is 195 Å². The molecule has 0 spiro atoms. The van der Waals surface area contributed by atoms with Gasteiger partial charge in [-0.05, 0) is 25.1 Å². The number of hydrogen-bond acceptors (Lipinski definition) is 6. The lowest BCUT2D eigenvalue weighted by molar-refractivity contribution is -0.384. The molecule has 4 rings (SSSR count). The maximum absolute atomic E-state index is 14.0. The molecule has 9 nitrogen and oxygen atoms in total. The van der Waals surface area contributed by atoms with Gasteiger partial charge in [-0.25, -0.2) is 4.79 Å². The number of carbonyl (C=O) groups is 2. The molecule has 0 radical (unpaired) electrons. The van der Waals surface area contributed by atoms with Gasteiger partial charge in [-0.15, -0.1) is 0 Å². The summed E-state index contributed by atoms with van der Waals surface area (Å²) >= 11 is 0. The average Bonchev–Trinajstić information content (AvgIpc) is 3.28. The monoisotopic (exact) mass is 489 g/mol. The smallest absolute Gasteiger partial charge is 0.437 e. The zero-order valence-corrected chi connectivity index (χ0v) is 18.0. The molecule has 2 amide bonds. The number of aryl methyl sites for hydroxylation is 1. The Balaban J connectivity index is 1.83. The van der Waals surface area contributed by atoms with Gasteiger partial charge in [-0.3, -0.25) is 14.9 Å². The molecule has 0 bridgehead atoms. The largest absolute Gasteiger partial charge is 0.459 e. The van der Waals surface area contributed by atoms with Gasteiger partial charge in [0, 0.05) is 11.6 Å². The van der Waals surface area contributed by atoms with Crippen LogP contribution in [0.15, 0.2) is 65.1 Å². The summed E-state index contributed by atoms with van der Waals surface area (Å²) in [5, 5.41) is 25.7. The number of nitro benzene ring substituents is 1. The van der Waals surface area contributed by atoms with Crippen LogP contribution in [0.3, 0.4) is 0 Å². The van der Waals surface area contributed by atoms with Gasteiger partial charge >= 0.3 is 12.2 Å². The van der Waals surface area contributed by atoms with Gasteiger partial charge in [-0.1, -0.05) is 42.0 Å². The summed E-state index contributed by atoms with van der Waals surface area (Å²) in [6.07, 6.45) is -5.43. The fourth-order valence-electron chi connectivity index (χ4n) is 3.98. The molecular weight excluding hydrogens is 471 g/mol. The van der Waals surface area contributed by atoms with Gasteiger partial charge in [0.05, 0.1) is 10.5 Å². The van der Waals surface area contributed by atoms with Crippen molar-refractivity contribution >= 4 is 17.5 Å². The van der Waals surface area contributed by atoms with Crippen LogP contribution in [0.4, 0.5) is 23.7 Å². The highest BCUT2D eigenvalue weighted by molar-refractivity contribution is 6.00. The van der Waals surface area contributed by atoms with Crippen molar-refractivity contribution in [2.45, 2.75) is 24.9 Å². The molecule has 12 heteroatoms. The molecule has 182 valence electrons. The molecule has 1 fully saturated rings. The lowest BCUT2D eigenvalue weighted by atomic mass is 9.79. The number of furan rings is 1. The van der Waals surface area contributed by atoms with Gasteiger partial charge in [0.15, 0.2) is 5.78 Å². The van der Waals surface area contributed by atoms with Gasteiger partial charge < -0.3 is 20.2 Å². The Kier molecular flexibility index (Phi) is 5.85. The third-order valence-corrected chi connectivity index (χ3v) is 5.72. The topological polar surface area (TPSA) is 135 Å². The van der Waals surface area contributed by atoms with E-state index in [0.29, 0.717) is 0 Å². The summed E-state index contributed by atoms with van der Waals surface area (Å²) in [5.74, 6) is -3.77. The number of Topliss-reactive ketones (excluding diaryl/α,β-unsaturated/α-hetero) is 1. The first-order valence-corrected chi connectivity index (χ1v) is 10.2. The summed E-state index contributed by atoms with van der Waals surface area (Å²) in [4.78, 5) is 36.2. The van der Waals surface area contributed by atoms with Crippen LogP contribution < -0.4 is 10.6 Å². The molecule has 0 unspecified atom stereocenters. The number of para-hydroxylation sites is 1. The predicted molar refractivity (Wildman–Crippen MR) is 115 cm³/mol. The number of hydrogen-bond donors (Lipinski definition) is 3. The van der Waals surface area contributed by atoms with E-state index in [0.717, 1.165) is 5.56 Å². The number of rotatable bonds is 5. The minimum Gasteiger partial charge on any atom is -0.459 e. The third-order valence-electron chi connectivity index (χ3n) is 5.72. The number of aliphatic hydroxyl groups is 1. The predicted octanol–water partition coefficient (Wildman–Crippen LogP) is 4.27. The fraction of sp³-hybridized carbons (Fsp3) is 0.217. The molecule has 35 heavy (non-hydrogen) atoms. The zero-order valence-electron chi connectivity index (χ0n) is 18.0. The van der Waals surface area contributed by atoms with Crippen molar-refractivity contribution in [1.82, 2.24) is 10.6 Å². The number of nitro groups is 1. The molecule has 1 aliphatic rings. The van der Waals surface area contributed by atoms with Crippen molar-refractivity contribution in [2.24, 2.45) is 5.92 Å². The number of amides is 2. The molecular formula is C23H18F3N3O6. The van der Waals surface area contributed by atoms with Crippen molar-refractivity contribution in [3.63, 3.8) is 0 Å².